The van der Waals surface area contributed by atoms with E-state index < -0.39 is 0 Å². The van der Waals surface area contributed by atoms with Crippen molar-refractivity contribution in [3.05, 3.63) is 78.4 Å². The van der Waals surface area contributed by atoms with E-state index >= 15 is 0 Å². The van der Waals surface area contributed by atoms with E-state index in [-0.39, 0.29) is 24.4 Å². The topological polar surface area (TPSA) is 71.4 Å². The van der Waals surface area contributed by atoms with Crippen LogP contribution in [0.4, 0.5) is 5.69 Å². The van der Waals surface area contributed by atoms with Crippen LogP contribution in [0.1, 0.15) is 36.8 Å². The molecule has 0 spiro atoms. The number of aryl methyl sites for hydroxylation is 1. The maximum atomic E-state index is 12.7. The summed E-state index contributed by atoms with van der Waals surface area (Å²) >= 11 is 5.70. The summed E-state index contributed by atoms with van der Waals surface area (Å²) in [6, 6.07) is 17.3. The van der Waals surface area contributed by atoms with Gasteiger partial charge >= 0.3 is 0 Å². The third kappa shape index (κ3) is 4.45. The number of thiocarbonyl (C=S) groups is 1. The Morgan fingerprint density at radius 3 is 2.75 bits per heavy atom. The average molecular weight is 450 g/mol. The smallest absolute Gasteiger partial charge is 0.226 e. The van der Waals surface area contributed by atoms with Crippen LogP contribution >= 0.6 is 12.2 Å². The first-order valence-electron chi connectivity index (χ1n) is 10.7. The van der Waals surface area contributed by atoms with Crippen LogP contribution in [-0.4, -0.2) is 39.1 Å². The monoisotopic (exact) mass is 449 g/mol. The summed E-state index contributed by atoms with van der Waals surface area (Å²) in [5.41, 5.74) is 2.72. The molecule has 1 aliphatic heterocycles. The van der Waals surface area contributed by atoms with E-state index in [9.17, 15) is 4.79 Å². The fraction of sp³-hybridized carbons (Fsp3) is 0.292. The number of nitrogens with zero attached hydrogens (tertiary/aromatic N) is 3. The minimum Gasteiger partial charge on any atom is -0.495 e. The minimum absolute atomic E-state index is 0.0635. The number of pyridine rings is 1. The lowest BCUT2D eigenvalue weighted by Gasteiger charge is -2.28. The van der Waals surface area contributed by atoms with Gasteiger partial charge in [-0.2, -0.15) is 0 Å². The fourth-order valence-electron chi connectivity index (χ4n) is 4.13. The highest BCUT2D eigenvalue weighted by Gasteiger charge is 2.40. The number of amides is 1. The van der Waals surface area contributed by atoms with Crippen LogP contribution < -0.4 is 15.4 Å². The first-order chi connectivity index (χ1) is 15.6. The molecule has 1 aromatic carbocycles. The predicted octanol–water partition coefficient (Wildman–Crippen LogP) is 3.91. The molecule has 1 aliphatic rings. The summed E-state index contributed by atoms with van der Waals surface area (Å²) in [4.78, 5) is 19.4. The van der Waals surface area contributed by atoms with Crippen molar-refractivity contribution in [3.8, 4) is 5.75 Å². The third-order valence-corrected chi connectivity index (χ3v) is 6.02. The molecule has 2 atom stereocenters. The zero-order valence-electron chi connectivity index (χ0n) is 18.2. The first-order valence-corrected chi connectivity index (χ1v) is 11.1. The van der Waals surface area contributed by atoms with E-state index in [1.54, 1.807) is 13.3 Å². The zero-order valence-corrected chi connectivity index (χ0v) is 19.0. The van der Waals surface area contributed by atoms with Crippen LogP contribution in [0.2, 0.25) is 0 Å². The van der Waals surface area contributed by atoms with E-state index in [4.69, 9.17) is 17.0 Å². The number of hydrogen-bond donors (Lipinski definition) is 2. The summed E-state index contributed by atoms with van der Waals surface area (Å²) < 4.78 is 7.54. The number of carbonyl (C=O) groups excluding carboxylic acids is 1. The molecule has 0 aliphatic carbocycles. The number of methoxy groups -OCH3 is 1. The van der Waals surface area contributed by atoms with Crippen molar-refractivity contribution >= 4 is 28.9 Å². The number of anilines is 1. The number of nitrogens with one attached hydrogen (secondary N) is 2. The predicted molar refractivity (Wildman–Crippen MR) is 129 cm³/mol. The van der Waals surface area contributed by atoms with E-state index in [1.807, 2.05) is 48.5 Å². The molecule has 1 fully saturated rings. The summed E-state index contributed by atoms with van der Waals surface area (Å²) in [5.74, 6) is 0.538. The Bertz CT molecular complexity index is 1080. The number of benzene rings is 1. The number of para-hydroxylation sites is 2. The number of hydrogen-bond acceptors (Lipinski definition) is 4. The summed E-state index contributed by atoms with van der Waals surface area (Å²) in [6.45, 7) is 3.45. The second kappa shape index (κ2) is 9.82. The lowest BCUT2D eigenvalue weighted by molar-refractivity contribution is -0.116. The van der Waals surface area contributed by atoms with E-state index in [2.05, 4.69) is 44.3 Å². The Balaban J connectivity index is 1.54. The van der Waals surface area contributed by atoms with Gasteiger partial charge in [-0.15, -0.1) is 0 Å². The highest BCUT2D eigenvalue weighted by Crippen LogP contribution is 2.38. The third-order valence-electron chi connectivity index (χ3n) is 5.67. The van der Waals surface area contributed by atoms with Crippen LogP contribution in [0, 0.1) is 0 Å². The molecule has 3 heterocycles. The Labute approximate surface area is 193 Å². The Hall–Kier alpha value is -3.39. The van der Waals surface area contributed by atoms with Gasteiger partial charge in [-0.25, -0.2) is 0 Å². The number of rotatable bonds is 8. The number of ether oxygens (including phenoxy) is 1. The largest absolute Gasteiger partial charge is 0.495 e. The van der Waals surface area contributed by atoms with E-state index in [0.29, 0.717) is 23.1 Å². The van der Waals surface area contributed by atoms with Crippen LogP contribution in [0.25, 0.3) is 0 Å². The lowest BCUT2D eigenvalue weighted by atomic mass is 10.0. The van der Waals surface area contributed by atoms with Gasteiger partial charge in [0.05, 0.1) is 30.6 Å². The zero-order chi connectivity index (χ0) is 22.5. The Morgan fingerprint density at radius 2 is 2.00 bits per heavy atom. The highest BCUT2D eigenvalue weighted by atomic mass is 32.1. The molecule has 1 amide bonds. The standard InChI is InChI=1S/C24H27N5O2S/c1-3-28-15-8-11-19(28)23-22(18-10-6-7-14-25-18)27-24(32)29(23)16-13-21(30)26-17-9-4-5-12-20(17)31-2/h4-12,14-15,22-23H,3,13,16H2,1-2H3,(H,26,30)(H,27,32)/t22-,23+/m1/s1. The van der Waals surface area contributed by atoms with Crippen molar-refractivity contribution in [1.82, 2.24) is 19.8 Å². The first kappa shape index (κ1) is 21.8. The molecule has 0 saturated carbocycles. The van der Waals surface area contributed by atoms with Crippen molar-refractivity contribution in [3.63, 3.8) is 0 Å². The maximum Gasteiger partial charge on any atom is 0.226 e. The maximum absolute atomic E-state index is 12.7. The normalized spacial score (nSPS) is 17.8. The van der Waals surface area contributed by atoms with Gasteiger partial charge in [-0.05, 0) is 55.5 Å². The Morgan fingerprint density at radius 1 is 1.19 bits per heavy atom. The highest BCUT2D eigenvalue weighted by molar-refractivity contribution is 7.80. The van der Waals surface area contributed by atoms with E-state index in [1.165, 1.54) is 0 Å². The second-order valence-corrected chi connectivity index (χ2v) is 7.92. The van der Waals surface area contributed by atoms with Gasteiger partial charge in [0.25, 0.3) is 0 Å². The van der Waals surface area contributed by atoms with Gasteiger partial charge in [-0.3, -0.25) is 9.78 Å². The average Bonchev–Trinajstić information content (AvgIpc) is 3.42. The van der Waals surface area contributed by atoms with Gasteiger partial charge in [0.1, 0.15) is 5.75 Å². The van der Waals surface area contributed by atoms with Gasteiger partial charge in [0.2, 0.25) is 5.91 Å². The SMILES string of the molecule is CCn1cccc1[C@H]1[C@@H](c2ccccn2)NC(=S)N1CCC(=O)Nc1ccccc1OC. The molecule has 0 bridgehead atoms. The van der Waals surface area contributed by atoms with Crippen molar-refractivity contribution in [2.24, 2.45) is 0 Å². The van der Waals surface area contributed by atoms with Crippen molar-refractivity contribution in [2.75, 3.05) is 19.0 Å². The minimum atomic E-state index is -0.0961. The van der Waals surface area contributed by atoms with Gasteiger partial charge < -0.3 is 24.8 Å². The molecule has 32 heavy (non-hydrogen) atoms. The molecule has 3 aromatic rings. The second-order valence-electron chi connectivity index (χ2n) is 7.54. The quantitative estimate of drug-likeness (QED) is 0.508. The van der Waals surface area contributed by atoms with Crippen LogP contribution in [-0.2, 0) is 11.3 Å². The molecule has 166 valence electrons. The van der Waals surface area contributed by atoms with Crippen LogP contribution in [0.3, 0.4) is 0 Å². The number of carbonyl (C=O) groups is 1. The van der Waals surface area contributed by atoms with Gasteiger partial charge in [0.15, 0.2) is 5.11 Å². The summed E-state index contributed by atoms with van der Waals surface area (Å²) in [5, 5.41) is 7.00. The van der Waals surface area contributed by atoms with Gasteiger partial charge in [0, 0.05) is 37.6 Å². The van der Waals surface area contributed by atoms with Gasteiger partial charge in [-0.1, -0.05) is 18.2 Å². The van der Waals surface area contributed by atoms with Crippen LogP contribution in [0.5, 0.6) is 5.75 Å². The molecule has 0 radical (unpaired) electrons. The molecule has 7 nitrogen and oxygen atoms in total. The molecule has 2 aromatic heterocycles. The molecule has 2 N–H and O–H groups in total. The fourth-order valence-corrected chi connectivity index (χ4v) is 4.47. The molecule has 1 saturated heterocycles. The van der Waals surface area contributed by atoms with E-state index in [0.717, 1.165) is 17.9 Å². The van der Waals surface area contributed by atoms with Crippen molar-refractivity contribution in [1.29, 1.82) is 0 Å². The number of aromatic nitrogens is 2. The molecular weight excluding hydrogens is 422 g/mol. The van der Waals surface area contributed by atoms with Crippen molar-refractivity contribution in [2.45, 2.75) is 32.0 Å². The summed E-state index contributed by atoms with van der Waals surface area (Å²) in [7, 11) is 1.59. The summed E-state index contributed by atoms with van der Waals surface area (Å²) in [6.07, 6.45) is 4.15. The van der Waals surface area contributed by atoms with Crippen LogP contribution in [0.15, 0.2) is 67.0 Å². The Kier molecular flexibility index (Phi) is 6.70. The molecule has 0 unspecified atom stereocenters. The molecule has 4 rings (SSSR count). The molecule has 8 heteroatoms. The molecular formula is C24H27N5O2S. The lowest BCUT2D eigenvalue weighted by Crippen LogP contribution is -2.33. The van der Waals surface area contributed by atoms with Crippen molar-refractivity contribution < 1.29 is 9.53 Å².